The van der Waals surface area contributed by atoms with Gasteiger partial charge in [0, 0.05) is 19.4 Å². The smallest absolute Gasteiger partial charge is 0.161 e. The molecule has 0 heterocycles. The fraction of sp³-hybridized carbons (Fsp3) is 0.708. The van der Waals surface area contributed by atoms with Gasteiger partial charge in [-0.1, -0.05) is 31.9 Å². The Balaban J connectivity index is 1.60. The van der Waals surface area contributed by atoms with Gasteiger partial charge in [-0.05, 0) is 74.5 Å². The highest BCUT2D eigenvalue weighted by Gasteiger charge is 2.21. The summed E-state index contributed by atoms with van der Waals surface area (Å²) in [6.07, 6.45) is 10.1. The number of hydrogen-bond acceptors (Lipinski definition) is 4. The number of ketones is 1. The van der Waals surface area contributed by atoms with Crippen LogP contribution < -0.4 is 4.74 Å². The number of carbonyl (C=O) groups is 1. The molecule has 2 N–H and O–H groups in total. The van der Waals surface area contributed by atoms with E-state index in [1.807, 2.05) is 0 Å². The van der Waals surface area contributed by atoms with Crippen molar-refractivity contribution >= 4 is 5.78 Å². The van der Waals surface area contributed by atoms with Crippen LogP contribution in [0.4, 0.5) is 0 Å². The molecule has 0 radical (unpaired) electrons. The van der Waals surface area contributed by atoms with Gasteiger partial charge < -0.3 is 14.9 Å². The normalized spacial score (nSPS) is 20.7. The number of aliphatic hydroxyl groups is 2. The average molecular weight is 391 g/mol. The van der Waals surface area contributed by atoms with Gasteiger partial charge in [0.1, 0.15) is 11.9 Å². The van der Waals surface area contributed by atoms with Gasteiger partial charge in [0.2, 0.25) is 0 Å². The average Bonchev–Trinajstić information content (AvgIpc) is 2.72. The highest BCUT2D eigenvalue weighted by atomic mass is 16.5. The molecule has 0 aliphatic heterocycles. The van der Waals surface area contributed by atoms with Gasteiger partial charge >= 0.3 is 0 Å². The fourth-order valence-electron chi connectivity index (χ4n) is 4.25. The molecule has 1 aliphatic rings. The van der Waals surface area contributed by atoms with Crippen molar-refractivity contribution in [3.63, 3.8) is 0 Å². The summed E-state index contributed by atoms with van der Waals surface area (Å²) in [5, 5.41) is 18.2. The molecule has 1 fully saturated rings. The van der Waals surface area contributed by atoms with Crippen LogP contribution in [0.25, 0.3) is 0 Å². The Morgan fingerprint density at radius 1 is 1.11 bits per heavy atom. The van der Waals surface area contributed by atoms with E-state index in [0.717, 1.165) is 30.9 Å². The standard InChI is InChI=1S/C24H38O4/c1-2-6-19-8-10-20(11-9-19)21-12-14-22(15-13-21)28-18-5-3-4-7-23(26)24(27)16-17-25/h12-15,19-20,24-25,27H,2-11,16-18H2,1H3. The van der Waals surface area contributed by atoms with Crippen LogP contribution in [0.5, 0.6) is 5.75 Å². The van der Waals surface area contributed by atoms with E-state index >= 15 is 0 Å². The second-order valence-corrected chi connectivity index (χ2v) is 8.23. The third kappa shape index (κ3) is 7.92. The molecule has 1 unspecified atom stereocenters. The van der Waals surface area contributed by atoms with E-state index in [1.54, 1.807) is 0 Å². The first kappa shape index (κ1) is 22.9. The molecule has 1 saturated carbocycles. The van der Waals surface area contributed by atoms with Crippen LogP contribution in [0.3, 0.4) is 0 Å². The maximum Gasteiger partial charge on any atom is 0.161 e. The number of hydrogen-bond donors (Lipinski definition) is 2. The lowest BCUT2D eigenvalue weighted by Gasteiger charge is -2.28. The van der Waals surface area contributed by atoms with Crippen LogP contribution in [0.2, 0.25) is 0 Å². The number of ether oxygens (including phenoxy) is 1. The van der Waals surface area contributed by atoms with Gasteiger partial charge in [-0.3, -0.25) is 4.79 Å². The first-order valence-corrected chi connectivity index (χ1v) is 11.2. The number of rotatable bonds is 13. The molecular formula is C24H38O4. The summed E-state index contributed by atoms with van der Waals surface area (Å²) in [5.74, 6) is 2.39. The SMILES string of the molecule is CCCC1CCC(c2ccc(OCCCCCC(=O)C(O)CCO)cc2)CC1. The summed E-state index contributed by atoms with van der Waals surface area (Å²) in [5.41, 5.74) is 1.45. The molecule has 1 aromatic carbocycles. The Morgan fingerprint density at radius 2 is 1.82 bits per heavy atom. The Bertz CT molecular complexity index is 546. The van der Waals surface area contributed by atoms with E-state index < -0.39 is 6.10 Å². The van der Waals surface area contributed by atoms with E-state index in [2.05, 4.69) is 31.2 Å². The summed E-state index contributed by atoms with van der Waals surface area (Å²) in [4.78, 5) is 11.6. The zero-order valence-corrected chi connectivity index (χ0v) is 17.4. The maximum absolute atomic E-state index is 11.6. The second-order valence-electron chi connectivity index (χ2n) is 8.23. The minimum atomic E-state index is -1.01. The molecule has 0 aromatic heterocycles. The molecule has 1 atom stereocenters. The summed E-state index contributed by atoms with van der Waals surface area (Å²) >= 11 is 0. The van der Waals surface area contributed by atoms with Crippen molar-refractivity contribution in [2.24, 2.45) is 5.92 Å². The third-order valence-corrected chi connectivity index (χ3v) is 6.01. The molecule has 4 heteroatoms. The number of Topliss-reactive ketones (excluding diaryl/α,β-unsaturated/α-hetero) is 1. The van der Waals surface area contributed by atoms with E-state index in [4.69, 9.17) is 9.84 Å². The second kappa shape index (κ2) is 12.9. The number of benzene rings is 1. The number of carbonyl (C=O) groups excluding carboxylic acids is 1. The predicted molar refractivity (Wildman–Crippen MR) is 113 cm³/mol. The van der Waals surface area contributed by atoms with E-state index in [9.17, 15) is 9.90 Å². The largest absolute Gasteiger partial charge is 0.494 e. The molecule has 28 heavy (non-hydrogen) atoms. The molecule has 0 saturated heterocycles. The van der Waals surface area contributed by atoms with Crippen LogP contribution in [0.1, 0.15) is 89.0 Å². The zero-order valence-electron chi connectivity index (χ0n) is 17.4. The van der Waals surface area contributed by atoms with Crippen LogP contribution in [0.15, 0.2) is 24.3 Å². The summed E-state index contributed by atoms with van der Waals surface area (Å²) < 4.78 is 5.82. The van der Waals surface area contributed by atoms with E-state index in [0.29, 0.717) is 18.9 Å². The molecule has 1 aromatic rings. The Morgan fingerprint density at radius 3 is 2.46 bits per heavy atom. The molecule has 0 amide bonds. The van der Waals surface area contributed by atoms with Gasteiger partial charge in [-0.25, -0.2) is 0 Å². The Kier molecular flexibility index (Phi) is 10.6. The summed E-state index contributed by atoms with van der Waals surface area (Å²) in [6.45, 7) is 2.78. The number of unbranched alkanes of at least 4 members (excludes halogenated alkanes) is 2. The molecule has 0 bridgehead atoms. The van der Waals surface area contributed by atoms with Crippen LogP contribution in [-0.4, -0.2) is 35.3 Å². The first-order valence-electron chi connectivity index (χ1n) is 11.2. The van der Waals surface area contributed by atoms with Gasteiger partial charge in [0.05, 0.1) is 6.61 Å². The minimum Gasteiger partial charge on any atom is -0.494 e. The van der Waals surface area contributed by atoms with Crippen molar-refractivity contribution in [1.82, 2.24) is 0 Å². The van der Waals surface area contributed by atoms with Crippen molar-refractivity contribution in [3.05, 3.63) is 29.8 Å². The lowest BCUT2D eigenvalue weighted by Crippen LogP contribution is -2.21. The van der Waals surface area contributed by atoms with Crippen molar-refractivity contribution in [2.75, 3.05) is 13.2 Å². The molecule has 0 spiro atoms. The summed E-state index contributed by atoms with van der Waals surface area (Å²) in [6, 6.07) is 8.62. The first-order chi connectivity index (χ1) is 13.6. The maximum atomic E-state index is 11.6. The molecule has 158 valence electrons. The van der Waals surface area contributed by atoms with Crippen LogP contribution >= 0.6 is 0 Å². The summed E-state index contributed by atoms with van der Waals surface area (Å²) in [7, 11) is 0. The lowest BCUT2D eigenvalue weighted by atomic mass is 9.77. The molecular weight excluding hydrogens is 352 g/mol. The highest BCUT2D eigenvalue weighted by Crippen LogP contribution is 2.37. The van der Waals surface area contributed by atoms with Gasteiger partial charge in [-0.2, -0.15) is 0 Å². The van der Waals surface area contributed by atoms with Crippen molar-refractivity contribution < 1.29 is 19.7 Å². The van der Waals surface area contributed by atoms with E-state index in [1.165, 1.54) is 44.1 Å². The molecule has 1 aliphatic carbocycles. The van der Waals surface area contributed by atoms with Crippen molar-refractivity contribution in [3.8, 4) is 5.75 Å². The highest BCUT2D eigenvalue weighted by molar-refractivity contribution is 5.82. The van der Waals surface area contributed by atoms with Gasteiger partial charge in [-0.15, -0.1) is 0 Å². The van der Waals surface area contributed by atoms with Gasteiger partial charge in [0.15, 0.2) is 5.78 Å². The van der Waals surface area contributed by atoms with Crippen molar-refractivity contribution in [2.45, 2.75) is 89.6 Å². The lowest BCUT2D eigenvalue weighted by molar-refractivity contribution is -0.127. The fourth-order valence-corrected chi connectivity index (χ4v) is 4.25. The van der Waals surface area contributed by atoms with Crippen LogP contribution in [-0.2, 0) is 4.79 Å². The topological polar surface area (TPSA) is 66.8 Å². The Labute approximate surface area is 170 Å². The van der Waals surface area contributed by atoms with Gasteiger partial charge in [0.25, 0.3) is 0 Å². The third-order valence-electron chi connectivity index (χ3n) is 6.01. The zero-order chi connectivity index (χ0) is 20.2. The van der Waals surface area contributed by atoms with Crippen LogP contribution in [0, 0.1) is 5.92 Å². The monoisotopic (exact) mass is 390 g/mol. The van der Waals surface area contributed by atoms with Crippen molar-refractivity contribution in [1.29, 1.82) is 0 Å². The number of aliphatic hydroxyl groups excluding tert-OH is 2. The predicted octanol–water partition coefficient (Wildman–Crippen LogP) is 5.01. The minimum absolute atomic E-state index is 0.137. The molecule has 2 rings (SSSR count). The molecule has 4 nitrogen and oxygen atoms in total. The quantitative estimate of drug-likeness (QED) is 0.465. The van der Waals surface area contributed by atoms with E-state index in [-0.39, 0.29) is 18.8 Å². The Hall–Kier alpha value is -1.39.